The number of hydrogen-bond donors (Lipinski definition) is 2. The first-order valence-electron chi connectivity index (χ1n) is 9.31. The minimum Gasteiger partial charge on any atom is -0.449 e. The van der Waals surface area contributed by atoms with E-state index in [1.807, 2.05) is 12.1 Å². The number of esters is 1. The molecule has 1 fully saturated rings. The fourth-order valence-corrected chi connectivity index (χ4v) is 3.40. The third kappa shape index (κ3) is 5.56. The number of amides is 1. The number of anilines is 2. The van der Waals surface area contributed by atoms with Gasteiger partial charge in [-0.15, -0.1) is 0 Å². The summed E-state index contributed by atoms with van der Waals surface area (Å²) in [6.07, 6.45) is -1.05. The van der Waals surface area contributed by atoms with Crippen LogP contribution in [0.5, 0.6) is 0 Å². The number of ether oxygens (including phenoxy) is 2. The second kappa shape index (κ2) is 9.24. The first kappa shape index (κ1) is 21.8. The Morgan fingerprint density at radius 3 is 2.23 bits per heavy atom. The van der Waals surface area contributed by atoms with Crippen molar-refractivity contribution in [2.24, 2.45) is 5.14 Å². The predicted octanol–water partition coefficient (Wildman–Crippen LogP) is 1.35. The molecule has 0 aliphatic carbocycles. The normalized spacial score (nSPS) is 15.3. The van der Waals surface area contributed by atoms with Gasteiger partial charge < -0.3 is 19.7 Å². The van der Waals surface area contributed by atoms with E-state index in [-0.39, 0.29) is 10.5 Å². The van der Waals surface area contributed by atoms with Crippen molar-refractivity contribution in [1.82, 2.24) is 0 Å². The Bertz CT molecular complexity index is 1000. The molecule has 1 heterocycles. The Kier molecular flexibility index (Phi) is 6.70. The second-order valence-electron chi connectivity index (χ2n) is 6.75. The summed E-state index contributed by atoms with van der Waals surface area (Å²) in [6.45, 7) is 4.46. The van der Waals surface area contributed by atoms with E-state index in [1.54, 1.807) is 12.1 Å². The molecule has 1 atom stereocenters. The van der Waals surface area contributed by atoms with Gasteiger partial charge in [0, 0.05) is 24.5 Å². The first-order chi connectivity index (χ1) is 14.2. The summed E-state index contributed by atoms with van der Waals surface area (Å²) in [7, 11) is -3.85. The zero-order valence-electron chi connectivity index (χ0n) is 16.4. The molecular weight excluding hydrogens is 410 g/mol. The van der Waals surface area contributed by atoms with Crippen LogP contribution in [-0.2, 0) is 24.3 Å². The Morgan fingerprint density at radius 2 is 1.67 bits per heavy atom. The first-order valence-corrected chi connectivity index (χ1v) is 10.9. The van der Waals surface area contributed by atoms with E-state index in [9.17, 15) is 18.0 Å². The molecule has 10 heteroatoms. The fraction of sp³-hybridized carbons (Fsp3) is 0.300. The number of carbonyl (C=O) groups excluding carboxylic acids is 2. The molecule has 1 aliphatic rings. The zero-order chi connectivity index (χ0) is 21.7. The minimum absolute atomic E-state index is 0.108. The van der Waals surface area contributed by atoms with Gasteiger partial charge in [-0.1, -0.05) is 0 Å². The number of rotatable bonds is 6. The zero-order valence-corrected chi connectivity index (χ0v) is 17.2. The van der Waals surface area contributed by atoms with Crippen molar-refractivity contribution in [2.75, 3.05) is 36.5 Å². The summed E-state index contributed by atoms with van der Waals surface area (Å²) in [6, 6.07) is 12.3. The standard InChI is InChI=1S/C20H23N3O6S/c1-14(29-20(25)15-2-8-18(9-3-15)30(21,26)27)19(24)22-16-4-6-17(7-5-16)23-10-12-28-13-11-23/h2-9,14H,10-13H2,1H3,(H,22,24)(H2,21,26,27)/t14-/m0/s1. The number of nitrogens with two attached hydrogens (primary N) is 1. The molecule has 3 rings (SSSR count). The molecule has 2 aromatic carbocycles. The smallest absolute Gasteiger partial charge is 0.338 e. The topological polar surface area (TPSA) is 128 Å². The molecule has 2 aromatic rings. The third-order valence-corrected chi connectivity index (χ3v) is 5.51. The van der Waals surface area contributed by atoms with Gasteiger partial charge in [-0.05, 0) is 55.5 Å². The maximum Gasteiger partial charge on any atom is 0.338 e. The van der Waals surface area contributed by atoms with E-state index in [0.29, 0.717) is 18.9 Å². The lowest BCUT2D eigenvalue weighted by Gasteiger charge is -2.28. The lowest BCUT2D eigenvalue weighted by molar-refractivity contribution is -0.123. The van der Waals surface area contributed by atoms with Crippen LogP contribution >= 0.6 is 0 Å². The summed E-state index contributed by atoms with van der Waals surface area (Å²) in [5, 5.41) is 7.73. The maximum absolute atomic E-state index is 12.3. The van der Waals surface area contributed by atoms with Gasteiger partial charge in [-0.3, -0.25) is 4.79 Å². The lowest BCUT2D eigenvalue weighted by atomic mass is 10.2. The minimum atomic E-state index is -3.85. The lowest BCUT2D eigenvalue weighted by Crippen LogP contribution is -2.36. The van der Waals surface area contributed by atoms with E-state index < -0.39 is 28.0 Å². The Morgan fingerprint density at radius 1 is 1.07 bits per heavy atom. The summed E-state index contributed by atoms with van der Waals surface area (Å²) < 4.78 is 33.0. The van der Waals surface area contributed by atoms with Crippen LogP contribution in [0, 0.1) is 0 Å². The number of hydrogen-bond acceptors (Lipinski definition) is 7. The number of nitrogens with zero attached hydrogens (tertiary/aromatic N) is 1. The SMILES string of the molecule is C[C@H](OC(=O)c1ccc(S(N)(=O)=O)cc1)C(=O)Nc1ccc(N2CCOCC2)cc1. The number of benzene rings is 2. The van der Waals surface area contributed by atoms with Crippen LogP contribution in [0.3, 0.4) is 0 Å². The highest BCUT2D eigenvalue weighted by molar-refractivity contribution is 7.89. The fourth-order valence-electron chi connectivity index (χ4n) is 2.88. The van der Waals surface area contributed by atoms with Crippen LogP contribution in [0.15, 0.2) is 53.4 Å². The molecule has 9 nitrogen and oxygen atoms in total. The monoisotopic (exact) mass is 433 g/mol. The van der Waals surface area contributed by atoms with E-state index in [0.717, 1.165) is 18.8 Å². The van der Waals surface area contributed by atoms with Crippen molar-refractivity contribution in [3.8, 4) is 0 Å². The van der Waals surface area contributed by atoms with Gasteiger partial charge in [0.1, 0.15) is 0 Å². The molecule has 0 radical (unpaired) electrons. The maximum atomic E-state index is 12.3. The summed E-state index contributed by atoms with van der Waals surface area (Å²) in [4.78, 5) is 26.6. The van der Waals surface area contributed by atoms with Crippen LogP contribution in [-0.4, -0.2) is 52.7 Å². The van der Waals surface area contributed by atoms with Gasteiger partial charge in [0.05, 0.1) is 23.7 Å². The molecule has 1 amide bonds. The van der Waals surface area contributed by atoms with Crippen LogP contribution in [0.4, 0.5) is 11.4 Å². The van der Waals surface area contributed by atoms with Crippen molar-refractivity contribution < 1.29 is 27.5 Å². The quantitative estimate of drug-likeness (QED) is 0.658. The molecule has 1 saturated heterocycles. The van der Waals surface area contributed by atoms with Gasteiger partial charge in [-0.25, -0.2) is 18.4 Å². The van der Waals surface area contributed by atoms with E-state index in [1.165, 1.54) is 31.2 Å². The van der Waals surface area contributed by atoms with Crippen molar-refractivity contribution in [2.45, 2.75) is 17.9 Å². The third-order valence-electron chi connectivity index (χ3n) is 4.58. The molecular formula is C20H23N3O6S. The number of morpholine rings is 1. The van der Waals surface area contributed by atoms with Gasteiger partial charge in [0.15, 0.2) is 6.10 Å². The summed E-state index contributed by atoms with van der Waals surface area (Å²) in [5.41, 5.74) is 1.73. The van der Waals surface area contributed by atoms with E-state index in [2.05, 4.69) is 10.2 Å². The van der Waals surface area contributed by atoms with Crippen LogP contribution in [0.1, 0.15) is 17.3 Å². The summed E-state index contributed by atoms with van der Waals surface area (Å²) in [5.74, 6) is -1.23. The van der Waals surface area contributed by atoms with Gasteiger partial charge >= 0.3 is 5.97 Å². The largest absolute Gasteiger partial charge is 0.449 e. The molecule has 0 saturated carbocycles. The number of sulfonamides is 1. The number of primary sulfonamides is 1. The number of carbonyl (C=O) groups is 2. The highest BCUT2D eigenvalue weighted by atomic mass is 32.2. The summed E-state index contributed by atoms with van der Waals surface area (Å²) >= 11 is 0. The van der Waals surface area contributed by atoms with Crippen LogP contribution in [0.2, 0.25) is 0 Å². The molecule has 0 unspecified atom stereocenters. The highest BCUT2D eigenvalue weighted by Crippen LogP contribution is 2.19. The predicted molar refractivity (Wildman–Crippen MR) is 111 cm³/mol. The average molecular weight is 433 g/mol. The molecule has 1 aliphatic heterocycles. The molecule has 160 valence electrons. The Balaban J connectivity index is 1.55. The number of nitrogens with one attached hydrogen (secondary N) is 1. The molecule has 3 N–H and O–H groups in total. The van der Waals surface area contributed by atoms with E-state index in [4.69, 9.17) is 14.6 Å². The van der Waals surface area contributed by atoms with Gasteiger partial charge in [0.2, 0.25) is 10.0 Å². The average Bonchev–Trinajstić information content (AvgIpc) is 2.74. The highest BCUT2D eigenvalue weighted by Gasteiger charge is 2.20. The molecule has 30 heavy (non-hydrogen) atoms. The second-order valence-corrected chi connectivity index (χ2v) is 8.31. The van der Waals surface area contributed by atoms with Crippen molar-refractivity contribution >= 4 is 33.3 Å². The van der Waals surface area contributed by atoms with Gasteiger partial charge in [-0.2, -0.15) is 0 Å². The Hall–Kier alpha value is -2.95. The van der Waals surface area contributed by atoms with Crippen molar-refractivity contribution in [3.05, 3.63) is 54.1 Å². The van der Waals surface area contributed by atoms with Gasteiger partial charge in [0.25, 0.3) is 5.91 Å². The Labute approximate surface area is 174 Å². The van der Waals surface area contributed by atoms with Crippen molar-refractivity contribution in [3.63, 3.8) is 0 Å². The van der Waals surface area contributed by atoms with Crippen LogP contribution < -0.4 is 15.4 Å². The van der Waals surface area contributed by atoms with E-state index >= 15 is 0 Å². The molecule has 0 spiro atoms. The van der Waals surface area contributed by atoms with Crippen molar-refractivity contribution in [1.29, 1.82) is 0 Å². The molecule has 0 bridgehead atoms. The molecule has 0 aromatic heterocycles. The van der Waals surface area contributed by atoms with Crippen LogP contribution in [0.25, 0.3) is 0 Å².